The van der Waals surface area contributed by atoms with E-state index in [2.05, 4.69) is 4.98 Å². The molecule has 1 saturated heterocycles. The van der Waals surface area contributed by atoms with Gasteiger partial charge in [-0.2, -0.15) is 0 Å². The quantitative estimate of drug-likeness (QED) is 0.761. The van der Waals surface area contributed by atoms with Crippen molar-refractivity contribution in [3.8, 4) is 5.75 Å². The first kappa shape index (κ1) is 19.3. The van der Waals surface area contributed by atoms with Gasteiger partial charge >= 0.3 is 0 Å². The lowest BCUT2D eigenvalue weighted by Crippen LogP contribution is -2.50. The van der Waals surface area contributed by atoms with Crippen molar-refractivity contribution in [2.75, 3.05) is 26.7 Å². The molecule has 9 heteroatoms. The highest BCUT2D eigenvalue weighted by Gasteiger charge is 2.37. The number of halogens is 1. The number of rotatable bonds is 4. The van der Waals surface area contributed by atoms with Gasteiger partial charge in [-0.25, -0.2) is 9.37 Å². The van der Waals surface area contributed by atoms with Gasteiger partial charge < -0.3 is 10.0 Å². The molecule has 3 heterocycles. The number of nitrogens with zero attached hydrogens (tertiary/aromatic N) is 4. The number of benzene rings is 1. The van der Waals surface area contributed by atoms with Crippen molar-refractivity contribution in [2.45, 2.75) is 25.4 Å². The lowest BCUT2D eigenvalue weighted by Gasteiger charge is -2.36. The smallest absolute Gasteiger partial charge is 0.296 e. The van der Waals surface area contributed by atoms with Gasteiger partial charge in [-0.05, 0) is 24.1 Å². The Morgan fingerprint density at radius 2 is 1.97 bits per heavy atom. The van der Waals surface area contributed by atoms with Crippen LogP contribution in [0, 0.1) is 5.82 Å². The molecule has 1 fully saturated rings. The predicted molar refractivity (Wildman–Crippen MR) is 101 cm³/mol. The van der Waals surface area contributed by atoms with Crippen LogP contribution in [-0.4, -0.2) is 62.8 Å². The highest BCUT2D eigenvalue weighted by Crippen LogP contribution is 2.27. The Bertz CT molecular complexity index is 1030. The molecule has 2 aliphatic rings. The molecule has 152 valence electrons. The molecular formula is C20H21FN4O4. The summed E-state index contributed by atoms with van der Waals surface area (Å²) in [6.07, 6.45) is 0.342. The second kappa shape index (κ2) is 7.40. The summed E-state index contributed by atoms with van der Waals surface area (Å²) in [6, 6.07) is 5.33. The van der Waals surface area contributed by atoms with Gasteiger partial charge in [0, 0.05) is 33.1 Å². The van der Waals surface area contributed by atoms with Gasteiger partial charge in [-0.15, -0.1) is 0 Å². The minimum absolute atomic E-state index is 0.0145. The summed E-state index contributed by atoms with van der Waals surface area (Å²) in [5, 5.41) is 10.3. The second-order valence-corrected chi connectivity index (χ2v) is 7.43. The van der Waals surface area contributed by atoms with Crippen LogP contribution in [0.4, 0.5) is 4.39 Å². The van der Waals surface area contributed by atoms with Crippen LogP contribution in [-0.2, 0) is 17.8 Å². The summed E-state index contributed by atoms with van der Waals surface area (Å²) in [4.78, 5) is 45.5. The molecule has 0 aliphatic carbocycles. The summed E-state index contributed by atoms with van der Waals surface area (Å²) < 4.78 is 14.4. The van der Waals surface area contributed by atoms with Gasteiger partial charge in [0.15, 0.2) is 11.5 Å². The predicted octanol–water partition coefficient (Wildman–Crippen LogP) is 0.732. The number of aromatic nitrogens is 2. The molecule has 2 aliphatic heterocycles. The molecule has 0 radical (unpaired) electrons. The second-order valence-electron chi connectivity index (χ2n) is 7.43. The zero-order valence-electron chi connectivity index (χ0n) is 16.0. The van der Waals surface area contributed by atoms with Crippen molar-refractivity contribution in [1.82, 2.24) is 19.4 Å². The summed E-state index contributed by atoms with van der Waals surface area (Å²) in [7, 11) is 1.65. The first-order valence-corrected chi connectivity index (χ1v) is 9.44. The van der Waals surface area contributed by atoms with E-state index in [1.807, 2.05) is 4.90 Å². The van der Waals surface area contributed by atoms with E-state index in [0.717, 1.165) is 5.56 Å². The van der Waals surface area contributed by atoms with E-state index >= 15 is 0 Å². The summed E-state index contributed by atoms with van der Waals surface area (Å²) in [5.41, 5.74) is -0.183. The van der Waals surface area contributed by atoms with Crippen LogP contribution in [0.15, 0.2) is 29.1 Å². The van der Waals surface area contributed by atoms with Crippen LogP contribution in [0.1, 0.15) is 34.3 Å². The monoisotopic (exact) mass is 400 g/mol. The fourth-order valence-corrected chi connectivity index (χ4v) is 3.83. The lowest BCUT2D eigenvalue weighted by atomic mass is 10.1. The van der Waals surface area contributed by atoms with E-state index in [4.69, 9.17) is 0 Å². The number of aromatic hydroxyl groups is 1. The molecule has 2 atom stereocenters. The number of likely N-dealkylation sites (N-methyl/N-ethyl adjacent to an activating group) is 1. The van der Waals surface area contributed by atoms with Crippen molar-refractivity contribution in [2.24, 2.45) is 0 Å². The van der Waals surface area contributed by atoms with Gasteiger partial charge in [-0.3, -0.25) is 23.9 Å². The first-order chi connectivity index (χ1) is 13.8. The van der Waals surface area contributed by atoms with Gasteiger partial charge in [0.25, 0.3) is 5.56 Å². The SMILES string of the molecule is CN1C(=O)CN2CCn3c(nc(C(=O)CCc4ccc(F)cc4)c(O)c3=O)C1C2. The number of carbonyl (C=O) groups excluding carboxylic acids is 2. The third-order valence-corrected chi connectivity index (χ3v) is 5.58. The van der Waals surface area contributed by atoms with Gasteiger partial charge in [0.05, 0.1) is 6.54 Å². The van der Waals surface area contributed by atoms with E-state index in [-0.39, 0.29) is 36.9 Å². The van der Waals surface area contributed by atoms with Crippen LogP contribution in [0.25, 0.3) is 0 Å². The number of hydrogen-bond donors (Lipinski definition) is 1. The van der Waals surface area contributed by atoms with Crippen LogP contribution in [0.2, 0.25) is 0 Å². The zero-order valence-corrected chi connectivity index (χ0v) is 16.0. The fraction of sp³-hybridized carbons (Fsp3) is 0.400. The highest BCUT2D eigenvalue weighted by atomic mass is 19.1. The van der Waals surface area contributed by atoms with Gasteiger partial charge in [-0.1, -0.05) is 12.1 Å². The maximum Gasteiger partial charge on any atom is 0.296 e. The van der Waals surface area contributed by atoms with Gasteiger partial charge in [0.2, 0.25) is 11.7 Å². The molecule has 2 unspecified atom stereocenters. The number of fused-ring (bicyclic) bond motifs is 4. The maximum absolute atomic E-state index is 13.0. The molecule has 1 aromatic heterocycles. The molecule has 1 N–H and O–H groups in total. The molecular weight excluding hydrogens is 379 g/mol. The normalized spacial score (nSPS) is 20.9. The average molecular weight is 400 g/mol. The van der Waals surface area contributed by atoms with Crippen LogP contribution < -0.4 is 5.56 Å². The van der Waals surface area contributed by atoms with E-state index in [0.29, 0.717) is 25.3 Å². The third-order valence-electron chi connectivity index (χ3n) is 5.58. The standard InChI is InChI=1S/C20H21FN4O4/c1-23-14-10-24(11-16(23)27)8-9-25-19(14)22-17(18(28)20(25)29)15(26)7-4-12-2-5-13(21)6-3-12/h2-3,5-6,14,28H,4,7-11H2,1H3. The number of Topliss-reactive ketones (excluding diaryl/α,β-unsaturated/α-hetero) is 1. The molecule has 4 rings (SSSR count). The number of hydrogen-bond acceptors (Lipinski definition) is 6. The van der Waals surface area contributed by atoms with E-state index < -0.39 is 23.1 Å². The molecule has 2 bridgehead atoms. The van der Waals surface area contributed by atoms with Crippen LogP contribution >= 0.6 is 0 Å². The van der Waals surface area contributed by atoms with E-state index in [9.17, 15) is 23.9 Å². The van der Waals surface area contributed by atoms with Crippen molar-refractivity contribution in [1.29, 1.82) is 0 Å². The third kappa shape index (κ3) is 3.53. The lowest BCUT2D eigenvalue weighted by molar-refractivity contribution is -0.137. The largest absolute Gasteiger partial charge is 0.501 e. The molecule has 0 saturated carbocycles. The Hall–Kier alpha value is -3.07. The van der Waals surface area contributed by atoms with Gasteiger partial charge in [0.1, 0.15) is 17.7 Å². The fourth-order valence-electron chi connectivity index (χ4n) is 3.83. The topological polar surface area (TPSA) is 95.7 Å². The number of amides is 1. The molecule has 29 heavy (non-hydrogen) atoms. The zero-order chi connectivity index (χ0) is 20.7. The Labute approximate surface area is 166 Å². The van der Waals surface area contributed by atoms with Crippen LogP contribution in [0.5, 0.6) is 5.75 Å². The average Bonchev–Trinajstić information content (AvgIpc) is 2.86. The Morgan fingerprint density at radius 1 is 1.24 bits per heavy atom. The number of piperazine rings is 1. The molecule has 0 spiro atoms. The van der Waals surface area contributed by atoms with Crippen molar-refractivity contribution in [3.63, 3.8) is 0 Å². The minimum atomic E-state index is -0.672. The van der Waals surface area contributed by atoms with Crippen molar-refractivity contribution >= 4 is 11.7 Å². The van der Waals surface area contributed by atoms with Crippen molar-refractivity contribution < 1.29 is 19.1 Å². The molecule has 8 nitrogen and oxygen atoms in total. The Kier molecular flexibility index (Phi) is 4.91. The van der Waals surface area contributed by atoms with E-state index in [1.165, 1.54) is 21.6 Å². The Morgan fingerprint density at radius 3 is 2.69 bits per heavy atom. The molecule has 1 aromatic carbocycles. The summed E-state index contributed by atoms with van der Waals surface area (Å²) >= 11 is 0. The molecule has 2 aromatic rings. The van der Waals surface area contributed by atoms with Crippen LogP contribution in [0.3, 0.4) is 0 Å². The van der Waals surface area contributed by atoms with Crippen molar-refractivity contribution in [3.05, 3.63) is 57.5 Å². The summed E-state index contributed by atoms with van der Waals surface area (Å²) in [6.45, 7) is 1.56. The first-order valence-electron chi connectivity index (χ1n) is 9.44. The highest BCUT2D eigenvalue weighted by molar-refractivity contribution is 5.96. The summed E-state index contributed by atoms with van der Waals surface area (Å²) in [5.74, 6) is -1.27. The Balaban J connectivity index is 1.66. The number of ketones is 1. The molecule has 1 amide bonds. The number of carbonyl (C=O) groups is 2. The van der Waals surface area contributed by atoms with E-state index in [1.54, 1.807) is 19.2 Å². The minimum Gasteiger partial charge on any atom is -0.501 e. The number of aryl methyl sites for hydroxylation is 1. The maximum atomic E-state index is 13.0.